The molecule has 7 heteroatoms. The molecule has 0 aliphatic rings. The van der Waals surface area contributed by atoms with E-state index in [0.717, 1.165) is 16.3 Å². The van der Waals surface area contributed by atoms with Crippen molar-refractivity contribution < 1.29 is 4.74 Å². The number of halogens is 1. The van der Waals surface area contributed by atoms with Crippen molar-refractivity contribution in [3.63, 3.8) is 0 Å². The summed E-state index contributed by atoms with van der Waals surface area (Å²) >= 11 is 6.20. The fraction of sp³-hybridized carbons (Fsp3) is 0.227. The van der Waals surface area contributed by atoms with Crippen LogP contribution < -0.4 is 10.1 Å². The van der Waals surface area contributed by atoms with Gasteiger partial charge in [0.05, 0.1) is 25.2 Å². The average Bonchev–Trinajstić information content (AvgIpc) is 2.72. The molecule has 3 aromatic rings. The average molecular weight is 406 g/mol. The van der Waals surface area contributed by atoms with E-state index >= 15 is 0 Å². The largest absolute Gasteiger partial charge is 0.495 e. The second kappa shape index (κ2) is 9.25. The van der Waals surface area contributed by atoms with Gasteiger partial charge in [0.25, 0.3) is 0 Å². The molecule has 0 aliphatic carbocycles. The highest BCUT2D eigenvalue weighted by Crippen LogP contribution is 2.29. The van der Waals surface area contributed by atoms with E-state index in [1.54, 1.807) is 19.2 Å². The Morgan fingerprint density at radius 3 is 2.69 bits per heavy atom. The van der Waals surface area contributed by atoms with Gasteiger partial charge in [-0.05, 0) is 43.8 Å². The third kappa shape index (κ3) is 4.94. The third-order valence-electron chi connectivity index (χ3n) is 4.17. The van der Waals surface area contributed by atoms with Crippen molar-refractivity contribution in [3.05, 3.63) is 64.1 Å². The SMILES string of the molecule is [C-]#[N+]c1ccc2c(C#CCN(C)C)nnc(NCc3ccc(OC)c(Cl)c3)c2c1. The third-order valence-corrected chi connectivity index (χ3v) is 4.47. The molecule has 0 saturated heterocycles. The Bertz CT molecular complexity index is 1140. The van der Waals surface area contributed by atoms with Crippen LogP contribution in [-0.4, -0.2) is 42.8 Å². The highest BCUT2D eigenvalue weighted by atomic mass is 35.5. The zero-order chi connectivity index (χ0) is 20.8. The lowest BCUT2D eigenvalue weighted by atomic mass is 10.1. The normalized spacial score (nSPS) is 10.3. The Morgan fingerprint density at radius 1 is 1.17 bits per heavy atom. The summed E-state index contributed by atoms with van der Waals surface area (Å²) in [4.78, 5) is 5.51. The summed E-state index contributed by atoms with van der Waals surface area (Å²) in [5.41, 5.74) is 2.10. The molecule has 0 aliphatic heterocycles. The molecule has 2 aromatic carbocycles. The molecule has 29 heavy (non-hydrogen) atoms. The van der Waals surface area contributed by atoms with Crippen LogP contribution in [0.25, 0.3) is 15.6 Å². The van der Waals surface area contributed by atoms with E-state index in [4.69, 9.17) is 22.9 Å². The van der Waals surface area contributed by atoms with Crippen molar-refractivity contribution in [2.75, 3.05) is 33.1 Å². The second-order valence-corrected chi connectivity index (χ2v) is 7.01. The van der Waals surface area contributed by atoms with Gasteiger partial charge in [0.1, 0.15) is 11.4 Å². The lowest BCUT2D eigenvalue weighted by Gasteiger charge is -2.11. The Labute approximate surface area is 175 Å². The van der Waals surface area contributed by atoms with Gasteiger partial charge in [-0.3, -0.25) is 4.90 Å². The number of fused-ring (bicyclic) bond motifs is 1. The standard InChI is InChI=1S/C22H20ClN5O/c1-24-16-8-9-17-18(13-16)22(27-26-20(17)6-5-11-28(2)3)25-14-15-7-10-21(29-4)19(23)12-15/h7-10,12-13H,11,14H2,2-4H3,(H,25,27). The quantitative estimate of drug-likeness (QED) is 0.504. The molecule has 0 radical (unpaired) electrons. The molecule has 0 bridgehead atoms. The predicted octanol–water partition coefficient (Wildman–Crippen LogP) is 4.37. The van der Waals surface area contributed by atoms with Gasteiger partial charge in [0.15, 0.2) is 11.5 Å². The van der Waals surface area contributed by atoms with E-state index in [1.165, 1.54) is 0 Å². The van der Waals surface area contributed by atoms with Crippen LogP contribution in [0.2, 0.25) is 5.02 Å². The van der Waals surface area contributed by atoms with E-state index in [0.29, 0.717) is 41.1 Å². The van der Waals surface area contributed by atoms with Crippen LogP contribution >= 0.6 is 11.6 Å². The Morgan fingerprint density at radius 2 is 2.00 bits per heavy atom. The van der Waals surface area contributed by atoms with Gasteiger partial charge in [-0.1, -0.05) is 35.7 Å². The van der Waals surface area contributed by atoms with Crippen molar-refractivity contribution >= 4 is 33.9 Å². The zero-order valence-electron chi connectivity index (χ0n) is 16.5. The molecular weight excluding hydrogens is 386 g/mol. The fourth-order valence-corrected chi connectivity index (χ4v) is 3.00. The minimum absolute atomic E-state index is 0.501. The molecule has 146 valence electrons. The van der Waals surface area contributed by atoms with Crippen LogP contribution in [0, 0.1) is 18.4 Å². The highest BCUT2D eigenvalue weighted by Gasteiger charge is 2.10. The molecular formula is C22H20ClN5O. The lowest BCUT2D eigenvalue weighted by molar-refractivity contribution is 0.415. The van der Waals surface area contributed by atoms with Crippen molar-refractivity contribution in [2.24, 2.45) is 0 Å². The van der Waals surface area contributed by atoms with Crippen LogP contribution in [-0.2, 0) is 6.54 Å². The first-order chi connectivity index (χ1) is 14.0. The molecule has 1 N–H and O–H groups in total. The van der Waals surface area contributed by atoms with Crippen LogP contribution in [0.5, 0.6) is 5.75 Å². The molecule has 0 fully saturated rings. The fourth-order valence-electron chi connectivity index (χ4n) is 2.72. The molecule has 0 amide bonds. The summed E-state index contributed by atoms with van der Waals surface area (Å²) in [5.74, 6) is 7.38. The Kier molecular flexibility index (Phi) is 6.51. The molecule has 3 rings (SSSR count). The summed E-state index contributed by atoms with van der Waals surface area (Å²) < 4.78 is 5.19. The van der Waals surface area contributed by atoms with E-state index < -0.39 is 0 Å². The van der Waals surface area contributed by atoms with Gasteiger partial charge >= 0.3 is 0 Å². The van der Waals surface area contributed by atoms with E-state index in [2.05, 4.69) is 32.2 Å². The van der Waals surface area contributed by atoms with Gasteiger partial charge in [-0.2, -0.15) is 0 Å². The van der Waals surface area contributed by atoms with Gasteiger partial charge in [-0.15, -0.1) is 10.2 Å². The Hall–Kier alpha value is -3.32. The van der Waals surface area contributed by atoms with Gasteiger partial charge in [0.2, 0.25) is 0 Å². The zero-order valence-corrected chi connectivity index (χ0v) is 17.2. The first-order valence-electron chi connectivity index (χ1n) is 8.89. The molecule has 1 heterocycles. The molecule has 0 saturated carbocycles. The highest BCUT2D eigenvalue weighted by molar-refractivity contribution is 6.32. The maximum Gasteiger partial charge on any atom is 0.188 e. The number of ether oxygens (including phenoxy) is 1. The van der Waals surface area contributed by atoms with Crippen molar-refractivity contribution in [1.29, 1.82) is 0 Å². The molecule has 0 spiro atoms. The number of methoxy groups -OCH3 is 1. The number of rotatable bonds is 5. The van der Waals surface area contributed by atoms with Crippen LogP contribution in [0.3, 0.4) is 0 Å². The lowest BCUT2D eigenvalue weighted by Crippen LogP contribution is -2.11. The Balaban J connectivity index is 1.94. The van der Waals surface area contributed by atoms with Crippen molar-refractivity contribution in [1.82, 2.24) is 15.1 Å². The van der Waals surface area contributed by atoms with Crippen molar-refractivity contribution in [3.8, 4) is 17.6 Å². The number of benzene rings is 2. The molecule has 0 unspecified atom stereocenters. The van der Waals surface area contributed by atoms with Crippen molar-refractivity contribution in [2.45, 2.75) is 6.54 Å². The predicted molar refractivity (Wildman–Crippen MR) is 117 cm³/mol. The first kappa shape index (κ1) is 20.4. The maximum absolute atomic E-state index is 7.31. The number of hydrogen-bond acceptors (Lipinski definition) is 5. The number of nitrogens with zero attached hydrogens (tertiary/aromatic N) is 4. The molecule has 0 atom stereocenters. The molecule has 6 nitrogen and oxygen atoms in total. The minimum Gasteiger partial charge on any atom is -0.495 e. The summed E-state index contributed by atoms with van der Waals surface area (Å²) in [6.45, 7) is 8.44. The number of hydrogen-bond donors (Lipinski definition) is 1. The smallest absolute Gasteiger partial charge is 0.188 e. The van der Waals surface area contributed by atoms with Crippen LogP contribution in [0.1, 0.15) is 11.3 Å². The summed E-state index contributed by atoms with van der Waals surface area (Å²) in [6, 6.07) is 11.0. The van der Waals surface area contributed by atoms with Gasteiger partial charge in [-0.25, -0.2) is 4.85 Å². The molecule has 1 aromatic heterocycles. The minimum atomic E-state index is 0.501. The van der Waals surface area contributed by atoms with Gasteiger partial charge in [0, 0.05) is 17.3 Å². The number of nitrogens with one attached hydrogen (secondary N) is 1. The van der Waals surface area contributed by atoms with Crippen LogP contribution in [0.4, 0.5) is 11.5 Å². The number of anilines is 1. The second-order valence-electron chi connectivity index (χ2n) is 6.60. The van der Waals surface area contributed by atoms with E-state index in [9.17, 15) is 0 Å². The van der Waals surface area contributed by atoms with Crippen LogP contribution in [0.15, 0.2) is 36.4 Å². The van der Waals surface area contributed by atoms with Gasteiger partial charge < -0.3 is 10.1 Å². The number of aromatic nitrogens is 2. The summed E-state index contributed by atoms with van der Waals surface area (Å²) in [5, 5.41) is 14.1. The monoisotopic (exact) mass is 405 g/mol. The van der Waals surface area contributed by atoms with E-state index in [1.807, 2.05) is 43.3 Å². The summed E-state index contributed by atoms with van der Waals surface area (Å²) in [6.07, 6.45) is 0. The maximum atomic E-state index is 7.31. The first-order valence-corrected chi connectivity index (χ1v) is 9.27. The summed E-state index contributed by atoms with van der Waals surface area (Å²) in [7, 11) is 5.50. The van der Waals surface area contributed by atoms with E-state index in [-0.39, 0.29) is 0 Å². The topological polar surface area (TPSA) is 54.6 Å².